The molecule has 0 saturated carbocycles. The Kier molecular flexibility index (Phi) is 8.48. The number of ether oxygens (including phenoxy) is 6. The van der Waals surface area contributed by atoms with Crippen LogP contribution in [0.3, 0.4) is 0 Å². The van der Waals surface area contributed by atoms with Gasteiger partial charge in [0, 0.05) is 11.6 Å². The molecule has 4 heterocycles. The van der Waals surface area contributed by atoms with Gasteiger partial charge >= 0.3 is 0 Å². The first-order valence-electron chi connectivity index (χ1n) is 13.7. The van der Waals surface area contributed by atoms with Crippen LogP contribution < -0.4 is 19.6 Å². The smallest absolute Gasteiger partial charge is 0.239 e. The minimum atomic E-state index is -1.93. The number of phenolic OH excluding ortho intramolecular Hbond substituents is 2. The fourth-order valence-electron chi connectivity index (χ4n) is 5.33. The monoisotopic (exact) mass is 638 g/mol. The molecule has 9 N–H and O–H groups in total. The second-order valence-electron chi connectivity index (χ2n) is 10.6. The van der Waals surface area contributed by atoms with Gasteiger partial charge in [-0.2, -0.15) is 0 Å². The van der Waals surface area contributed by atoms with Gasteiger partial charge in [-0.05, 0) is 24.3 Å². The molecule has 0 aliphatic carbocycles. The Labute approximate surface area is 252 Å². The van der Waals surface area contributed by atoms with Gasteiger partial charge in [0.15, 0.2) is 29.7 Å². The third-order valence-electron chi connectivity index (χ3n) is 7.78. The number of rotatable bonds is 7. The lowest BCUT2D eigenvalue weighted by Gasteiger charge is -2.45. The molecule has 2 saturated heterocycles. The van der Waals surface area contributed by atoms with Crippen molar-refractivity contribution in [3.8, 4) is 40.1 Å². The Hall–Kier alpha value is -3.75. The number of phenols is 2. The van der Waals surface area contributed by atoms with Crippen molar-refractivity contribution in [2.75, 3.05) is 20.0 Å². The first kappa shape index (κ1) is 31.2. The standard InChI is InChI=1S/C28H30O17/c29-6-13-16(32)20(36)22(38)27(42-13)45-26-21(37)17(33)14(7-30)43-28(26)44-25-19(35)15-11(5-12-24(18(15)34)40-8-39-12)41-23(25)9-1-3-10(31)4-2-9/h1-5,13-14,16-17,20-22,26-34,36-38H,6-8H2/t13-,14-,16-,17-,20+,21+,22-,26-,27-,28-/m1/s1. The highest BCUT2D eigenvalue weighted by Crippen LogP contribution is 2.46. The van der Waals surface area contributed by atoms with Crippen LogP contribution in [0.1, 0.15) is 0 Å². The number of fused-ring (bicyclic) bond motifs is 2. The van der Waals surface area contributed by atoms with E-state index in [4.69, 9.17) is 32.8 Å². The molecule has 0 bridgehead atoms. The number of aromatic hydroxyl groups is 2. The van der Waals surface area contributed by atoms with Crippen LogP contribution >= 0.6 is 0 Å². The molecule has 244 valence electrons. The summed E-state index contributed by atoms with van der Waals surface area (Å²) in [7, 11) is 0. The quantitative estimate of drug-likeness (QED) is 0.131. The lowest BCUT2D eigenvalue weighted by Crippen LogP contribution is -2.65. The molecule has 17 nitrogen and oxygen atoms in total. The van der Waals surface area contributed by atoms with Gasteiger partial charge in [0.1, 0.15) is 59.4 Å². The SMILES string of the molecule is O=c1c(O[C@H]2O[C@H](CO)[C@@H](O)[C@H](O)[C@H]2O[C@H]2O[C@H](CO)[C@@H](O)[C@H](O)[C@H]2O)c(-c2ccc(O)cc2)oc2cc3c(c(O)c12)OCO3. The van der Waals surface area contributed by atoms with Crippen molar-refractivity contribution >= 4 is 11.0 Å². The van der Waals surface area contributed by atoms with Crippen molar-refractivity contribution in [2.24, 2.45) is 0 Å². The topological polar surface area (TPSA) is 268 Å². The highest BCUT2D eigenvalue weighted by Gasteiger charge is 2.51. The van der Waals surface area contributed by atoms with Crippen LogP contribution in [0.4, 0.5) is 0 Å². The molecule has 0 amide bonds. The van der Waals surface area contributed by atoms with Gasteiger partial charge in [0.2, 0.25) is 30.0 Å². The van der Waals surface area contributed by atoms with E-state index in [2.05, 4.69) is 0 Å². The Morgan fingerprint density at radius 2 is 1.44 bits per heavy atom. The minimum absolute atomic E-state index is 0.0972. The number of benzene rings is 2. The summed E-state index contributed by atoms with van der Waals surface area (Å²) in [6.07, 6.45) is -17.6. The number of hydrogen-bond acceptors (Lipinski definition) is 17. The maximum atomic E-state index is 14.0. The normalized spacial score (nSPS) is 33.0. The summed E-state index contributed by atoms with van der Waals surface area (Å²) in [5, 5.41) is 92.2. The summed E-state index contributed by atoms with van der Waals surface area (Å²) < 4.78 is 39.2. The fourth-order valence-corrected chi connectivity index (χ4v) is 5.33. The van der Waals surface area contributed by atoms with Crippen molar-refractivity contribution < 1.29 is 78.8 Å². The molecule has 3 aromatic rings. The largest absolute Gasteiger partial charge is 0.508 e. The average Bonchev–Trinajstić information content (AvgIpc) is 3.51. The summed E-state index contributed by atoms with van der Waals surface area (Å²) in [6.45, 7) is -1.86. The van der Waals surface area contributed by atoms with Crippen molar-refractivity contribution in [3.63, 3.8) is 0 Å². The predicted octanol–water partition coefficient (Wildman–Crippen LogP) is -2.40. The van der Waals surface area contributed by atoms with Gasteiger partial charge in [-0.1, -0.05) is 0 Å². The van der Waals surface area contributed by atoms with E-state index in [0.717, 1.165) is 0 Å². The van der Waals surface area contributed by atoms with Gasteiger partial charge in [-0.25, -0.2) is 0 Å². The number of aliphatic hydroxyl groups is 7. The first-order chi connectivity index (χ1) is 21.5. The number of hydrogen-bond donors (Lipinski definition) is 9. The van der Waals surface area contributed by atoms with Crippen molar-refractivity contribution in [2.45, 2.75) is 61.4 Å². The molecular weight excluding hydrogens is 608 g/mol. The fraction of sp³-hybridized carbons (Fsp3) is 0.464. The zero-order valence-corrected chi connectivity index (χ0v) is 23.1. The molecule has 2 fully saturated rings. The van der Waals surface area contributed by atoms with Gasteiger partial charge in [-0.3, -0.25) is 4.79 Å². The van der Waals surface area contributed by atoms with Crippen LogP contribution in [0, 0.1) is 0 Å². The van der Waals surface area contributed by atoms with E-state index in [-0.39, 0.29) is 40.9 Å². The van der Waals surface area contributed by atoms with Crippen LogP contribution in [-0.2, 0) is 14.2 Å². The van der Waals surface area contributed by atoms with E-state index in [9.17, 15) is 50.8 Å². The van der Waals surface area contributed by atoms with E-state index < -0.39 is 96.9 Å². The van der Waals surface area contributed by atoms with E-state index in [1.54, 1.807) is 0 Å². The van der Waals surface area contributed by atoms with Crippen molar-refractivity contribution in [3.05, 3.63) is 40.6 Å². The molecule has 0 unspecified atom stereocenters. The van der Waals surface area contributed by atoms with Crippen LogP contribution in [0.5, 0.6) is 28.7 Å². The lowest BCUT2D eigenvalue weighted by atomic mass is 9.97. The summed E-state index contributed by atoms with van der Waals surface area (Å²) >= 11 is 0. The van der Waals surface area contributed by atoms with Gasteiger partial charge in [-0.15, -0.1) is 0 Å². The summed E-state index contributed by atoms with van der Waals surface area (Å²) in [5.41, 5.74) is -0.911. The van der Waals surface area contributed by atoms with Crippen LogP contribution in [0.2, 0.25) is 0 Å². The Morgan fingerprint density at radius 1 is 0.800 bits per heavy atom. The zero-order chi connectivity index (χ0) is 32.2. The summed E-state index contributed by atoms with van der Waals surface area (Å²) in [4.78, 5) is 14.0. The maximum absolute atomic E-state index is 14.0. The van der Waals surface area contributed by atoms with E-state index in [1.807, 2.05) is 0 Å². The molecule has 3 aliphatic heterocycles. The van der Waals surface area contributed by atoms with Crippen molar-refractivity contribution in [1.29, 1.82) is 0 Å². The molecule has 45 heavy (non-hydrogen) atoms. The Balaban J connectivity index is 1.45. The average molecular weight is 639 g/mol. The molecule has 6 rings (SSSR count). The highest BCUT2D eigenvalue weighted by molar-refractivity contribution is 5.91. The van der Waals surface area contributed by atoms with Crippen molar-refractivity contribution in [1.82, 2.24) is 0 Å². The first-order valence-corrected chi connectivity index (χ1v) is 13.7. The molecule has 17 heteroatoms. The molecule has 3 aliphatic rings. The Morgan fingerprint density at radius 3 is 2.11 bits per heavy atom. The van der Waals surface area contributed by atoms with Gasteiger partial charge in [0.25, 0.3) is 0 Å². The van der Waals surface area contributed by atoms with Crippen LogP contribution in [0.25, 0.3) is 22.3 Å². The van der Waals surface area contributed by atoms with Gasteiger partial charge < -0.3 is 78.8 Å². The van der Waals surface area contributed by atoms with E-state index in [1.165, 1.54) is 30.3 Å². The molecule has 10 atom stereocenters. The second kappa shape index (κ2) is 12.2. The third-order valence-corrected chi connectivity index (χ3v) is 7.78. The van der Waals surface area contributed by atoms with Gasteiger partial charge in [0.05, 0.1) is 13.2 Å². The van der Waals surface area contributed by atoms with Crippen LogP contribution in [0.15, 0.2) is 39.5 Å². The minimum Gasteiger partial charge on any atom is -0.508 e. The van der Waals surface area contributed by atoms with E-state index >= 15 is 0 Å². The molecule has 2 aromatic carbocycles. The summed E-state index contributed by atoms with van der Waals surface area (Å²) in [5.74, 6) is -1.64. The Bertz CT molecular complexity index is 1590. The molecule has 0 radical (unpaired) electrons. The molecule has 1 aromatic heterocycles. The maximum Gasteiger partial charge on any atom is 0.239 e. The summed E-state index contributed by atoms with van der Waals surface area (Å²) in [6, 6.07) is 6.68. The second-order valence-corrected chi connectivity index (χ2v) is 10.6. The van der Waals surface area contributed by atoms with Crippen LogP contribution in [-0.4, -0.2) is 127 Å². The molecule has 0 spiro atoms. The predicted molar refractivity (Wildman–Crippen MR) is 144 cm³/mol. The third kappa shape index (κ3) is 5.42. The lowest BCUT2D eigenvalue weighted by molar-refractivity contribution is -0.358. The van der Waals surface area contributed by atoms with E-state index in [0.29, 0.717) is 0 Å². The molecular formula is C28H30O17. The highest BCUT2D eigenvalue weighted by atomic mass is 16.8. The zero-order valence-electron chi connectivity index (χ0n) is 23.1. The number of aliphatic hydroxyl groups excluding tert-OH is 7.